The maximum absolute atomic E-state index is 8.76. The number of ether oxygens (including phenoxy) is 1. The highest BCUT2D eigenvalue weighted by Crippen LogP contribution is 2.44. The van der Waals surface area contributed by atoms with Gasteiger partial charge in [0.25, 0.3) is 0 Å². The molecule has 0 N–H and O–H groups in total. The molecule has 1 aliphatic heterocycles. The SMILES string of the molecule is CCOC1CSC(c2ccc(C#N)cc2)SC1. The van der Waals surface area contributed by atoms with Crippen LogP contribution in [0.1, 0.15) is 22.6 Å². The lowest BCUT2D eigenvalue weighted by Gasteiger charge is -2.27. The van der Waals surface area contributed by atoms with E-state index >= 15 is 0 Å². The second kappa shape index (κ2) is 6.34. The Bertz CT molecular complexity index is 391. The van der Waals surface area contributed by atoms with Crippen molar-refractivity contribution >= 4 is 23.5 Å². The largest absolute Gasteiger partial charge is 0.377 e. The zero-order valence-corrected chi connectivity index (χ0v) is 11.4. The molecule has 0 bridgehead atoms. The first-order valence-corrected chi connectivity index (χ1v) is 7.78. The first-order chi connectivity index (χ1) is 8.33. The van der Waals surface area contributed by atoms with Gasteiger partial charge in [0, 0.05) is 18.1 Å². The normalized spacial score (nSPS) is 24.2. The molecule has 0 aromatic heterocycles. The van der Waals surface area contributed by atoms with Crippen molar-refractivity contribution in [1.29, 1.82) is 5.26 Å². The molecule has 0 saturated carbocycles. The average Bonchev–Trinajstić information content (AvgIpc) is 2.40. The van der Waals surface area contributed by atoms with E-state index in [9.17, 15) is 0 Å². The summed E-state index contributed by atoms with van der Waals surface area (Å²) in [7, 11) is 0. The highest BCUT2D eigenvalue weighted by atomic mass is 32.2. The third-order valence-electron chi connectivity index (χ3n) is 2.58. The Hall–Kier alpha value is -0.630. The van der Waals surface area contributed by atoms with Crippen LogP contribution in [0, 0.1) is 11.3 Å². The van der Waals surface area contributed by atoms with Crippen molar-refractivity contribution in [3.63, 3.8) is 0 Å². The number of hydrogen-bond donors (Lipinski definition) is 0. The van der Waals surface area contributed by atoms with E-state index in [4.69, 9.17) is 10.00 Å². The van der Waals surface area contributed by atoms with Gasteiger partial charge in [0.2, 0.25) is 0 Å². The summed E-state index contributed by atoms with van der Waals surface area (Å²) in [4.78, 5) is 0. The number of hydrogen-bond acceptors (Lipinski definition) is 4. The fraction of sp³-hybridized carbons (Fsp3) is 0.462. The minimum absolute atomic E-state index is 0.393. The minimum atomic E-state index is 0.393. The standard InChI is InChI=1S/C13H15NOS2/c1-2-15-12-8-16-13(17-9-12)11-5-3-10(7-14)4-6-11/h3-6,12-13H,2,8-9H2,1H3. The van der Waals surface area contributed by atoms with Crippen LogP contribution in [0.25, 0.3) is 0 Å². The fourth-order valence-corrected chi connectivity index (χ4v) is 4.64. The van der Waals surface area contributed by atoms with Crippen molar-refractivity contribution in [2.75, 3.05) is 18.1 Å². The molecule has 1 aromatic rings. The Morgan fingerprint density at radius 3 is 2.47 bits per heavy atom. The maximum Gasteiger partial charge on any atom is 0.0991 e. The average molecular weight is 265 g/mol. The minimum Gasteiger partial charge on any atom is -0.377 e. The predicted octanol–water partition coefficient (Wildman–Crippen LogP) is 3.44. The number of nitrogens with zero attached hydrogens (tertiary/aromatic N) is 1. The maximum atomic E-state index is 8.76. The van der Waals surface area contributed by atoms with E-state index in [1.54, 1.807) is 0 Å². The van der Waals surface area contributed by atoms with Crippen LogP contribution in [0.3, 0.4) is 0 Å². The topological polar surface area (TPSA) is 33.0 Å². The number of thioether (sulfide) groups is 2. The van der Waals surface area contributed by atoms with Gasteiger partial charge in [0.05, 0.1) is 22.3 Å². The van der Waals surface area contributed by atoms with Gasteiger partial charge < -0.3 is 4.74 Å². The molecule has 1 saturated heterocycles. The molecule has 1 aromatic carbocycles. The lowest BCUT2D eigenvalue weighted by molar-refractivity contribution is 0.0958. The Kier molecular flexibility index (Phi) is 4.78. The zero-order valence-electron chi connectivity index (χ0n) is 9.76. The number of nitriles is 1. The first-order valence-electron chi connectivity index (χ1n) is 5.68. The van der Waals surface area contributed by atoms with Gasteiger partial charge in [-0.3, -0.25) is 0 Å². The highest BCUT2D eigenvalue weighted by Gasteiger charge is 2.23. The third-order valence-corrected chi connectivity index (χ3v) is 5.68. The fourth-order valence-electron chi connectivity index (χ4n) is 1.72. The molecule has 0 spiro atoms. The van der Waals surface area contributed by atoms with Crippen molar-refractivity contribution in [2.45, 2.75) is 17.6 Å². The summed E-state index contributed by atoms with van der Waals surface area (Å²) < 4.78 is 6.10. The molecule has 0 atom stereocenters. The Labute approximate surface area is 111 Å². The van der Waals surface area contributed by atoms with E-state index in [0.29, 0.717) is 10.7 Å². The van der Waals surface area contributed by atoms with Crippen molar-refractivity contribution in [3.8, 4) is 6.07 Å². The van der Waals surface area contributed by atoms with E-state index < -0.39 is 0 Å². The Balaban J connectivity index is 1.94. The second-order valence-corrected chi connectivity index (χ2v) is 6.38. The predicted molar refractivity (Wildman–Crippen MR) is 74.2 cm³/mol. The molecule has 17 heavy (non-hydrogen) atoms. The van der Waals surface area contributed by atoms with Crippen LogP contribution >= 0.6 is 23.5 Å². The lowest BCUT2D eigenvalue weighted by Crippen LogP contribution is -2.23. The van der Waals surface area contributed by atoms with Crippen LogP contribution in [-0.2, 0) is 4.74 Å². The van der Waals surface area contributed by atoms with Crippen LogP contribution in [0.5, 0.6) is 0 Å². The molecule has 1 heterocycles. The van der Waals surface area contributed by atoms with E-state index in [1.807, 2.05) is 42.6 Å². The van der Waals surface area contributed by atoms with E-state index in [2.05, 4.69) is 18.2 Å². The third kappa shape index (κ3) is 3.41. The molecule has 90 valence electrons. The van der Waals surface area contributed by atoms with Gasteiger partial charge in [0.1, 0.15) is 0 Å². The highest BCUT2D eigenvalue weighted by molar-refractivity contribution is 8.17. The van der Waals surface area contributed by atoms with Gasteiger partial charge in [0.15, 0.2) is 0 Å². The number of benzene rings is 1. The van der Waals surface area contributed by atoms with Crippen LogP contribution < -0.4 is 0 Å². The number of rotatable bonds is 3. The molecule has 1 fully saturated rings. The second-order valence-electron chi connectivity index (χ2n) is 3.81. The van der Waals surface area contributed by atoms with Gasteiger partial charge in [-0.2, -0.15) is 5.26 Å². The van der Waals surface area contributed by atoms with Gasteiger partial charge in [-0.1, -0.05) is 12.1 Å². The van der Waals surface area contributed by atoms with Crippen molar-refractivity contribution in [1.82, 2.24) is 0 Å². The summed E-state index contributed by atoms with van der Waals surface area (Å²) in [5, 5.41) is 8.76. The lowest BCUT2D eigenvalue weighted by atomic mass is 10.2. The van der Waals surface area contributed by atoms with Crippen LogP contribution in [0.15, 0.2) is 24.3 Å². The van der Waals surface area contributed by atoms with Gasteiger partial charge >= 0.3 is 0 Å². The van der Waals surface area contributed by atoms with Gasteiger partial charge in [-0.25, -0.2) is 0 Å². The first kappa shape index (κ1) is 12.8. The molecule has 2 nitrogen and oxygen atoms in total. The monoisotopic (exact) mass is 265 g/mol. The van der Waals surface area contributed by atoms with Gasteiger partial charge in [-0.15, -0.1) is 23.5 Å². The molecule has 1 aliphatic rings. The summed E-state index contributed by atoms with van der Waals surface area (Å²) in [5.41, 5.74) is 2.03. The smallest absolute Gasteiger partial charge is 0.0991 e. The quantitative estimate of drug-likeness (QED) is 0.838. The Morgan fingerprint density at radius 1 is 1.29 bits per heavy atom. The van der Waals surface area contributed by atoms with Crippen molar-refractivity contribution in [3.05, 3.63) is 35.4 Å². The molecule has 0 aliphatic carbocycles. The Morgan fingerprint density at radius 2 is 1.94 bits per heavy atom. The van der Waals surface area contributed by atoms with Crippen molar-refractivity contribution < 1.29 is 4.74 Å². The van der Waals surface area contributed by atoms with Gasteiger partial charge in [-0.05, 0) is 24.6 Å². The summed E-state index contributed by atoms with van der Waals surface area (Å²) in [5.74, 6) is 2.12. The van der Waals surface area contributed by atoms with Crippen LogP contribution in [0.2, 0.25) is 0 Å². The summed E-state index contributed by atoms with van der Waals surface area (Å²) >= 11 is 3.87. The molecule has 2 rings (SSSR count). The van der Waals surface area contributed by atoms with Crippen LogP contribution in [0.4, 0.5) is 0 Å². The molecule has 0 amide bonds. The summed E-state index contributed by atoms with van der Waals surface area (Å²) in [6, 6.07) is 10.1. The van der Waals surface area contributed by atoms with E-state index in [0.717, 1.165) is 23.7 Å². The van der Waals surface area contributed by atoms with Crippen molar-refractivity contribution in [2.24, 2.45) is 0 Å². The molecule has 0 unspecified atom stereocenters. The zero-order chi connectivity index (χ0) is 12.1. The molecular formula is C13H15NOS2. The summed E-state index contributed by atoms with van der Waals surface area (Å²) in [6.45, 7) is 2.84. The van der Waals surface area contributed by atoms with E-state index in [-0.39, 0.29) is 0 Å². The summed E-state index contributed by atoms with van der Waals surface area (Å²) in [6.07, 6.45) is 0.393. The molecular weight excluding hydrogens is 250 g/mol. The van der Waals surface area contributed by atoms with E-state index in [1.165, 1.54) is 5.56 Å². The van der Waals surface area contributed by atoms with Crippen LogP contribution in [-0.4, -0.2) is 24.2 Å². The molecule has 4 heteroatoms. The molecule has 0 radical (unpaired) electrons.